The summed E-state index contributed by atoms with van der Waals surface area (Å²) in [5.74, 6) is -0.303. The molecule has 15 heavy (non-hydrogen) atoms. The van der Waals surface area contributed by atoms with E-state index in [-0.39, 0.29) is 17.4 Å². The molecule has 0 saturated heterocycles. The van der Waals surface area contributed by atoms with E-state index in [0.717, 1.165) is 5.56 Å². The van der Waals surface area contributed by atoms with Gasteiger partial charge in [-0.15, -0.1) is 0 Å². The number of hydrogen-bond donors (Lipinski definition) is 0. The first kappa shape index (κ1) is 8.30. The van der Waals surface area contributed by atoms with Crippen molar-refractivity contribution in [1.82, 2.24) is 0 Å². The third-order valence-electron chi connectivity index (χ3n) is 2.23. The van der Waals surface area contributed by atoms with Crippen molar-refractivity contribution in [3.8, 4) is 0 Å². The van der Waals surface area contributed by atoms with Gasteiger partial charge in [0.05, 0.1) is 11.5 Å². The van der Waals surface area contributed by atoms with Crippen LogP contribution in [-0.4, -0.2) is 15.0 Å². The van der Waals surface area contributed by atoms with Gasteiger partial charge in [0.25, 0.3) is 10.1 Å². The molecule has 0 amide bonds. The van der Waals surface area contributed by atoms with Crippen LogP contribution in [0.15, 0.2) is 29.2 Å². The van der Waals surface area contributed by atoms with Crippen LogP contribution in [0.25, 0.3) is 0 Å². The van der Waals surface area contributed by atoms with Crippen LogP contribution in [0, 0.1) is 12.8 Å². The van der Waals surface area contributed by atoms with Gasteiger partial charge in [-0.2, -0.15) is 8.42 Å². The maximum Gasteiger partial charge on any atom is 0.296 e. The topological polar surface area (TPSA) is 43.4 Å². The number of rotatable bonds is 4. The molecule has 1 saturated carbocycles. The average molecular weight is 228 g/mol. The molecule has 82 valence electrons. The lowest BCUT2D eigenvalue weighted by molar-refractivity contribution is 0.302. The molecule has 0 aromatic heterocycles. The van der Waals surface area contributed by atoms with Crippen molar-refractivity contribution in [3.05, 3.63) is 29.8 Å². The summed E-state index contributed by atoms with van der Waals surface area (Å²) in [6.45, 7) is 1.79. The molecule has 4 heteroatoms. The van der Waals surface area contributed by atoms with Gasteiger partial charge in [-0.1, -0.05) is 17.7 Å². The van der Waals surface area contributed by atoms with Gasteiger partial charge in [0.15, 0.2) is 0 Å². The summed E-state index contributed by atoms with van der Waals surface area (Å²) in [6, 6.07) is 6.39. The molecule has 1 aromatic rings. The Hall–Kier alpha value is -0.870. The van der Waals surface area contributed by atoms with E-state index >= 15 is 0 Å². The van der Waals surface area contributed by atoms with Crippen molar-refractivity contribution in [1.29, 1.82) is 0 Å². The van der Waals surface area contributed by atoms with Crippen LogP contribution >= 0.6 is 0 Å². The highest BCUT2D eigenvalue weighted by atomic mass is 32.2. The highest BCUT2D eigenvalue weighted by Crippen LogP contribution is 2.30. The van der Waals surface area contributed by atoms with Gasteiger partial charge in [0.1, 0.15) is 0 Å². The first-order valence-corrected chi connectivity index (χ1v) is 6.18. The highest BCUT2D eigenvalue weighted by Gasteiger charge is 2.25. The van der Waals surface area contributed by atoms with E-state index in [1.54, 1.807) is 12.1 Å². The molecule has 1 aromatic carbocycles. The van der Waals surface area contributed by atoms with Crippen molar-refractivity contribution in [3.63, 3.8) is 0 Å². The fraction of sp³-hybridized carbons (Fsp3) is 0.455. The molecule has 0 radical (unpaired) electrons. The first-order valence-electron chi connectivity index (χ1n) is 5.77. The molecule has 0 heterocycles. The molecule has 0 N–H and O–H groups in total. The van der Waals surface area contributed by atoms with Crippen LogP contribution < -0.4 is 0 Å². The lowest BCUT2D eigenvalue weighted by atomic mass is 10.2. The van der Waals surface area contributed by atoms with Crippen LogP contribution in [0.2, 0.25) is 0 Å². The largest absolute Gasteiger partial charge is 0.296 e. The molecule has 1 fully saturated rings. The zero-order valence-corrected chi connectivity index (χ0v) is 9.25. The van der Waals surface area contributed by atoms with Crippen molar-refractivity contribution >= 4 is 10.1 Å². The first-order chi connectivity index (χ1) is 7.81. The Morgan fingerprint density at radius 2 is 2.07 bits per heavy atom. The van der Waals surface area contributed by atoms with Crippen LogP contribution in [-0.2, 0) is 14.3 Å². The summed E-state index contributed by atoms with van der Waals surface area (Å²) < 4.78 is 43.0. The second-order valence-electron chi connectivity index (χ2n) is 3.66. The van der Waals surface area contributed by atoms with Crippen molar-refractivity contribution in [2.75, 3.05) is 6.61 Å². The molecule has 1 aliphatic rings. The minimum atomic E-state index is -3.75. The van der Waals surface area contributed by atoms with Gasteiger partial charge in [-0.25, -0.2) is 0 Å². The molecular weight excluding hydrogens is 212 g/mol. The Morgan fingerprint density at radius 3 is 2.60 bits per heavy atom. The molecule has 3 nitrogen and oxygen atoms in total. The van der Waals surface area contributed by atoms with E-state index < -0.39 is 16.5 Å². The fourth-order valence-electron chi connectivity index (χ4n) is 1.15. The third-order valence-corrected chi connectivity index (χ3v) is 3.52. The monoisotopic (exact) mass is 228 g/mol. The maximum absolute atomic E-state index is 11.7. The van der Waals surface area contributed by atoms with Crippen LogP contribution in [0.3, 0.4) is 0 Å². The van der Waals surface area contributed by atoms with E-state index in [0.29, 0.717) is 6.42 Å². The quantitative estimate of drug-likeness (QED) is 0.741. The normalized spacial score (nSPS) is 25.5. The van der Waals surface area contributed by atoms with E-state index in [9.17, 15) is 8.42 Å². The standard InChI is InChI=1S/C11H14O3S/c1-9-2-6-11(7-3-9)15(12,13)14-8-10-4-5-10/h2-3,6-7,10H,4-5,8H2,1H3/i4D2. The molecular formula is C11H14O3S. The van der Waals surface area contributed by atoms with E-state index in [2.05, 4.69) is 0 Å². The summed E-state index contributed by atoms with van der Waals surface area (Å²) in [5.41, 5.74) is 0.975. The van der Waals surface area contributed by atoms with Crippen molar-refractivity contribution in [2.24, 2.45) is 5.92 Å². The van der Waals surface area contributed by atoms with E-state index in [1.165, 1.54) is 12.1 Å². The zero-order chi connectivity index (χ0) is 12.7. The third kappa shape index (κ3) is 2.79. The fourth-order valence-corrected chi connectivity index (χ4v) is 2.09. The van der Waals surface area contributed by atoms with Gasteiger partial charge >= 0.3 is 0 Å². The molecule has 0 bridgehead atoms. The predicted octanol–water partition coefficient (Wildman–Crippen LogP) is 2.11. The lowest BCUT2D eigenvalue weighted by Gasteiger charge is -2.04. The SMILES string of the molecule is [2H]C1([2H])CC1COS(=O)(=O)c1ccc(C)cc1. The summed E-state index contributed by atoms with van der Waals surface area (Å²) in [4.78, 5) is 0.115. The second kappa shape index (κ2) is 3.94. The Bertz CT molecular complexity index is 508. The van der Waals surface area contributed by atoms with Gasteiger partial charge in [0.2, 0.25) is 0 Å². The van der Waals surface area contributed by atoms with Crippen LogP contribution in [0.4, 0.5) is 0 Å². The van der Waals surface area contributed by atoms with Gasteiger partial charge in [-0.3, -0.25) is 4.18 Å². The van der Waals surface area contributed by atoms with Crippen LogP contribution in [0.5, 0.6) is 0 Å². The molecule has 0 aliphatic heterocycles. The Labute approximate surface area is 93.0 Å². The smallest absolute Gasteiger partial charge is 0.266 e. The molecule has 2 rings (SSSR count). The molecule has 1 unspecified atom stereocenters. The summed E-state index contributed by atoms with van der Waals surface area (Å²) >= 11 is 0. The Kier molecular flexibility index (Phi) is 2.18. The highest BCUT2D eigenvalue weighted by molar-refractivity contribution is 7.86. The number of hydrogen-bond acceptors (Lipinski definition) is 3. The lowest BCUT2D eigenvalue weighted by Crippen LogP contribution is -2.08. The number of benzene rings is 1. The zero-order valence-electron chi connectivity index (χ0n) is 10.4. The van der Waals surface area contributed by atoms with Crippen molar-refractivity contribution < 1.29 is 15.3 Å². The number of aryl methyl sites for hydroxylation is 1. The summed E-state index contributed by atoms with van der Waals surface area (Å²) in [5, 5.41) is 0. The average Bonchev–Trinajstić information content (AvgIpc) is 2.85. The van der Waals surface area contributed by atoms with Crippen LogP contribution in [0.1, 0.15) is 21.1 Å². The maximum atomic E-state index is 11.7. The van der Waals surface area contributed by atoms with Gasteiger partial charge in [0, 0.05) is 2.74 Å². The molecule has 0 spiro atoms. The predicted molar refractivity (Wildman–Crippen MR) is 57.0 cm³/mol. The van der Waals surface area contributed by atoms with E-state index in [4.69, 9.17) is 6.92 Å². The van der Waals surface area contributed by atoms with Crippen molar-refractivity contribution in [2.45, 2.75) is 24.6 Å². The minimum Gasteiger partial charge on any atom is -0.266 e. The van der Waals surface area contributed by atoms with Gasteiger partial charge in [-0.05, 0) is 37.8 Å². The Morgan fingerprint density at radius 1 is 1.47 bits per heavy atom. The second-order valence-corrected chi connectivity index (χ2v) is 5.27. The summed E-state index contributed by atoms with van der Waals surface area (Å²) in [7, 11) is -3.75. The molecule has 1 aliphatic carbocycles. The minimum absolute atomic E-state index is 0.0801. The van der Waals surface area contributed by atoms with Gasteiger partial charge < -0.3 is 0 Å². The van der Waals surface area contributed by atoms with E-state index in [1.807, 2.05) is 6.92 Å². The molecule has 1 atom stereocenters. The Balaban J connectivity index is 2.02. The summed E-state index contributed by atoms with van der Waals surface area (Å²) in [6.07, 6.45) is -0.890.